The van der Waals surface area contributed by atoms with Gasteiger partial charge in [-0.2, -0.15) is 0 Å². The summed E-state index contributed by atoms with van der Waals surface area (Å²) in [5, 5.41) is 2.69. The highest BCUT2D eigenvalue weighted by molar-refractivity contribution is 5.74. The van der Waals surface area contributed by atoms with E-state index in [2.05, 4.69) is 10.2 Å². The van der Waals surface area contributed by atoms with Gasteiger partial charge in [-0.25, -0.2) is 13.6 Å². The largest absolute Gasteiger partial charge is 0.379 e. The van der Waals surface area contributed by atoms with E-state index in [1.807, 2.05) is 14.1 Å². The van der Waals surface area contributed by atoms with Gasteiger partial charge in [0.25, 0.3) is 0 Å². The van der Waals surface area contributed by atoms with Crippen LogP contribution in [-0.2, 0) is 11.3 Å². The Balaban J connectivity index is 1.90. The number of ether oxygens (including phenoxy) is 1. The number of nitrogens with one attached hydrogen (secondary N) is 1. The van der Waals surface area contributed by atoms with E-state index in [1.54, 1.807) is 4.90 Å². The van der Waals surface area contributed by atoms with Gasteiger partial charge in [-0.05, 0) is 20.2 Å². The zero-order chi connectivity index (χ0) is 16.8. The molecule has 0 aliphatic carbocycles. The molecular weight excluding hydrogens is 304 g/mol. The van der Waals surface area contributed by atoms with Crippen molar-refractivity contribution in [3.05, 3.63) is 35.4 Å². The van der Waals surface area contributed by atoms with Crippen molar-refractivity contribution in [2.24, 2.45) is 5.92 Å². The molecule has 1 fully saturated rings. The SMILES string of the molecule is CN(C)C[C@@H]1COCCN(C(=O)NCc2ccc(F)cc2F)C1. The number of carbonyl (C=O) groups is 1. The molecule has 1 aliphatic rings. The summed E-state index contributed by atoms with van der Waals surface area (Å²) < 4.78 is 32.0. The van der Waals surface area contributed by atoms with Gasteiger partial charge in [0.1, 0.15) is 11.6 Å². The van der Waals surface area contributed by atoms with Gasteiger partial charge < -0.3 is 19.9 Å². The Labute approximate surface area is 135 Å². The number of halogens is 2. The van der Waals surface area contributed by atoms with Gasteiger partial charge in [0.15, 0.2) is 0 Å². The van der Waals surface area contributed by atoms with Crippen LogP contribution in [0.4, 0.5) is 13.6 Å². The maximum absolute atomic E-state index is 13.6. The van der Waals surface area contributed by atoms with Gasteiger partial charge in [0, 0.05) is 43.7 Å². The van der Waals surface area contributed by atoms with E-state index in [9.17, 15) is 13.6 Å². The Kier molecular flexibility index (Phi) is 6.29. The number of amides is 2. The lowest BCUT2D eigenvalue weighted by Gasteiger charge is -2.25. The zero-order valence-electron chi connectivity index (χ0n) is 13.5. The molecule has 0 spiro atoms. The lowest BCUT2D eigenvalue weighted by molar-refractivity contribution is 0.112. The molecule has 23 heavy (non-hydrogen) atoms. The van der Waals surface area contributed by atoms with Crippen LogP contribution in [0, 0.1) is 17.6 Å². The van der Waals surface area contributed by atoms with E-state index < -0.39 is 11.6 Å². The minimum absolute atomic E-state index is 0.0284. The van der Waals surface area contributed by atoms with Crippen molar-refractivity contribution in [2.45, 2.75) is 6.54 Å². The van der Waals surface area contributed by atoms with Gasteiger partial charge in [0.05, 0.1) is 13.2 Å². The summed E-state index contributed by atoms with van der Waals surface area (Å²) in [5.74, 6) is -1.05. The molecule has 0 radical (unpaired) electrons. The monoisotopic (exact) mass is 327 g/mol. The second-order valence-corrected chi connectivity index (χ2v) is 6.04. The van der Waals surface area contributed by atoms with Crippen molar-refractivity contribution in [1.82, 2.24) is 15.1 Å². The first kappa shape index (κ1) is 17.6. The maximum Gasteiger partial charge on any atom is 0.317 e. The van der Waals surface area contributed by atoms with Crippen LogP contribution in [-0.4, -0.2) is 62.8 Å². The third-order valence-corrected chi connectivity index (χ3v) is 3.69. The Bertz CT molecular complexity index is 540. The third-order valence-electron chi connectivity index (χ3n) is 3.69. The lowest BCUT2D eigenvalue weighted by Crippen LogP contribution is -2.44. The topological polar surface area (TPSA) is 44.8 Å². The van der Waals surface area contributed by atoms with Crippen LogP contribution >= 0.6 is 0 Å². The van der Waals surface area contributed by atoms with Crippen LogP contribution in [0.15, 0.2) is 18.2 Å². The molecule has 0 bridgehead atoms. The van der Waals surface area contributed by atoms with Crippen LogP contribution in [0.2, 0.25) is 0 Å². The van der Waals surface area contributed by atoms with Crippen LogP contribution in [0.25, 0.3) is 0 Å². The normalized spacial score (nSPS) is 18.8. The van der Waals surface area contributed by atoms with E-state index in [0.717, 1.165) is 12.6 Å². The molecule has 1 atom stereocenters. The lowest BCUT2D eigenvalue weighted by atomic mass is 10.1. The van der Waals surface area contributed by atoms with Crippen molar-refractivity contribution in [1.29, 1.82) is 0 Å². The predicted octanol–water partition coefficient (Wildman–Crippen LogP) is 1.68. The van der Waals surface area contributed by atoms with Gasteiger partial charge in [0.2, 0.25) is 0 Å². The standard InChI is InChI=1S/C16H23F2N3O2/c1-20(2)9-12-10-21(5-6-23-11-12)16(22)19-8-13-3-4-14(17)7-15(13)18/h3-4,7,12H,5-6,8-11H2,1-2H3,(H,19,22)/t12-/m0/s1. The molecule has 1 N–H and O–H groups in total. The molecule has 7 heteroatoms. The van der Waals surface area contributed by atoms with E-state index >= 15 is 0 Å². The van der Waals surface area contributed by atoms with Crippen LogP contribution in [0.1, 0.15) is 5.56 Å². The van der Waals surface area contributed by atoms with Crippen molar-refractivity contribution in [3.63, 3.8) is 0 Å². The van der Waals surface area contributed by atoms with Crippen molar-refractivity contribution in [3.8, 4) is 0 Å². The number of rotatable bonds is 4. The highest BCUT2D eigenvalue weighted by atomic mass is 19.1. The molecule has 0 aromatic heterocycles. The smallest absolute Gasteiger partial charge is 0.317 e. The number of benzene rings is 1. The highest BCUT2D eigenvalue weighted by Crippen LogP contribution is 2.11. The Hall–Kier alpha value is -1.73. The molecular formula is C16H23F2N3O2. The molecule has 0 saturated carbocycles. The van der Waals surface area contributed by atoms with E-state index in [4.69, 9.17) is 4.74 Å². The molecule has 0 unspecified atom stereocenters. The molecule has 1 saturated heterocycles. The number of hydrogen-bond acceptors (Lipinski definition) is 3. The predicted molar refractivity (Wildman–Crippen MR) is 83.0 cm³/mol. The maximum atomic E-state index is 13.6. The van der Waals surface area contributed by atoms with Crippen molar-refractivity contribution < 1.29 is 18.3 Å². The van der Waals surface area contributed by atoms with E-state index in [-0.39, 0.29) is 24.1 Å². The van der Waals surface area contributed by atoms with Crippen molar-refractivity contribution in [2.75, 3.05) is 46.9 Å². The molecule has 128 valence electrons. The summed E-state index contributed by atoms with van der Waals surface area (Å²) >= 11 is 0. The molecule has 1 aromatic carbocycles. The molecule has 1 heterocycles. The minimum atomic E-state index is -0.657. The summed E-state index contributed by atoms with van der Waals surface area (Å²) in [6, 6.07) is 3.07. The van der Waals surface area contributed by atoms with Gasteiger partial charge in [-0.1, -0.05) is 6.07 Å². The molecule has 1 aliphatic heterocycles. The zero-order valence-corrected chi connectivity index (χ0v) is 13.5. The van der Waals surface area contributed by atoms with Crippen LogP contribution < -0.4 is 5.32 Å². The fourth-order valence-corrected chi connectivity index (χ4v) is 2.64. The van der Waals surface area contributed by atoms with Crippen LogP contribution in [0.5, 0.6) is 0 Å². The third kappa shape index (κ3) is 5.44. The first-order valence-electron chi connectivity index (χ1n) is 7.65. The summed E-state index contributed by atoms with van der Waals surface area (Å²) in [5.41, 5.74) is 0.260. The minimum Gasteiger partial charge on any atom is -0.379 e. The second kappa shape index (κ2) is 8.21. The van der Waals surface area contributed by atoms with Gasteiger partial charge in [-0.15, -0.1) is 0 Å². The average molecular weight is 327 g/mol. The van der Waals surface area contributed by atoms with Crippen LogP contribution in [0.3, 0.4) is 0 Å². The van der Waals surface area contributed by atoms with Gasteiger partial charge >= 0.3 is 6.03 Å². The fourth-order valence-electron chi connectivity index (χ4n) is 2.64. The number of nitrogens with zero attached hydrogens (tertiary/aromatic N) is 2. The summed E-state index contributed by atoms with van der Waals surface area (Å²) in [6.45, 7) is 3.06. The first-order chi connectivity index (χ1) is 11.0. The first-order valence-corrected chi connectivity index (χ1v) is 7.65. The molecule has 2 rings (SSSR count). The molecule has 2 amide bonds. The van der Waals surface area contributed by atoms with Crippen molar-refractivity contribution >= 4 is 6.03 Å². The Morgan fingerprint density at radius 3 is 2.91 bits per heavy atom. The fraction of sp³-hybridized carbons (Fsp3) is 0.562. The second-order valence-electron chi connectivity index (χ2n) is 6.04. The van der Waals surface area contributed by atoms with E-state index in [1.165, 1.54) is 12.1 Å². The quantitative estimate of drug-likeness (QED) is 0.915. The van der Waals surface area contributed by atoms with Gasteiger partial charge in [-0.3, -0.25) is 0 Å². The number of hydrogen-bond donors (Lipinski definition) is 1. The Morgan fingerprint density at radius 2 is 2.22 bits per heavy atom. The molecule has 1 aromatic rings. The molecule has 5 nitrogen and oxygen atoms in total. The number of carbonyl (C=O) groups excluding carboxylic acids is 1. The highest BCUT2D eigenvalue weighted by Gasteiger charge is 2.22. The van der Waals surface area contributed by atoms with E-state index in [0.29, 0.717) is 26.3 Å². The summed E-state index contributed by atoms with van der Waals surface area (Å²) in [4.78, 5) is 16.0. The average Bonchev–Trinajstić information content (AvgIpc) is 2.71. The summed E-state index contributed by atoms with van der Waals surface area (Å²) in [6.07, 6.45) is 0. The number of urea groups is 1. The summed E-state index contributed by atoms with van der Waals surface area (Å²) in [7, 11) is 3.96. The Morgan fingerprint density at radius 1 is 1.43 bits per heavy atom.